The van der Waals surface area contributed by atoms with Crippen LogP contribution in [0.25, 0.3) is 0 Å². The van der Waals surface area contributed by atoms with Gasteiger partial charge < -0.3 is 10.1 Å². The van der Waals surface area contributed by atoms with Crippen LogP contribution in [0.5, 0.6) is 0 Å². The Hall–Kier alpha value is -1.16. The first-order valence-electron chi connectivity index (χ1n) is 8.27. The van der Waals surface area contributed by atoms with Gasteiger partial charge in [-0.2, -0.15) is 0 Å². The maximum absolute atomic E-state index is 5.91. The summed E-state index contributed by atoms with van der Waals surface area (Å²) in [5, 5.41) is 3.34. The molecule has 0 spiro atoms. The molecule has 0 aromatic carbocycles. The molecule has 0 atom stereocenters. The average molecular weight is 291 g/mol. The van der Waals surface area contributed by atoms with Crippen molar-refractivity contribution in [1.82, 2.24) is 9.97 Å². The highest BCUT2D eigenvalue weighted by molar-refractivity contribution is 5.37. The van der Waals surface area contributed by atoms with Crippen LogP contribution in [0, 0.1) is 5.92 Å². The zero-order valence-corrected chi connectivity index (χ0v) is 13.9. The molecule has 1 aliphatic carbocycles. The Morgan fingerprint density at radius 1 is 1.24 bits per heavy atom. The first kappa shape index (κ1) is 16.2. The maximum Gasteiger partial charge on any atom is 0.162 e. The van der Waals surface area contributed by atoms with Crippen molar-refractivity contribution in [2.24, 2.45) is 5.92 Å². The summed E-state index contributed by atoms with van der Waals surface area (Å²) < 4.78 is 5.91. The Kier molecular flexibility index (Phi) is 5.57. The topological polar surface area (TPSA) is 47.0 Å². The van der Waals surface area contributed by atoms with Crippen molar-refractivity contribution in [2.75, 3.05) is 19.0 Å². The summed E-state index contributed by atoms with van der Waals surface area (Å²) in [6.45, 7) is 7.41. The van der Waals surface area contributed by atoms with Crippen molar-refractivity contribution in [2.45, 2.75) is 64.9 Å². The SMILES string of the molecule is CCNc1cc(CC(C)C)nc(C2(OC)CCCCC2)n1. The normalized spacial score (nSPS) is 18.0. The molecule has 0 radical (unpaired) electrons. The van der Waals surface area contributed by atoms with Crippen LogP contribution in [0.3, 0.4) is 0 Å². The fourth-order valence-corrected chi connectivity index (χ4v) is 3.14. The van der Waals surface area contributed by atoms with E-state index in [-0.39, 0.29) is 5.60 Å². The van der Waals surface area contributed by atoms with Gasteiger partial charge in [-0.05, 0) is 32.1 Å². The third-order valence-electron chi connectivity index (χ3n) is 4.21. The largest absolute Gasteiger partial charge is 0.370 e. The first-order chi connectivity index (χ1) is 10.1. The molecular formula is C17H29N3O. The fourth-order valence-electron chi connectivity index (χ4n) is 3.14. The second kappa shape index (κ2) is 7.21. The highest BCUT2D eigenvalue weighted by Gasteiger charge is 2.37. The number of ether oxygens (including phenoxy) is 1. The number of methoxy groups -OCH3 is 1. The van der Waals surface area contributed by atoms with Gasteiger partial charge >= 0.3 is 0 Å². The maximum atomic E-state index is 5.91. The predicted molar refractivity (Wildman–Crippen MR) is 86.5 cm³/mol. The van der Waals surface area contributed by atoms with Crippen molar-refractivity contribution < 1.29 is 4.74 Å². The Labute approximate surface area is 128 Å². The summed E-state index contributed by atoms with van der Waals surface area (Å²) in [7, 11) is 1.80. The van der Waals surface area contributed by atoms with Gasteiger partial charge in [0, 0.05) is 25.4 Å². The van der Waals surface area contributed by atoms with Crippen molar-refractivity contribution in [3.8, 4) is 0 Å². The van der Waals surface area contributed by atoms with Gasteiger partial charge in [-0.3, -0.25) is 0 Å². The second-order valence-electron chi connectivity index (χ2n) is 6.46. The predicted octanol–water partition coefficient (Wildman–Crippen LogP) is 3.91. The van der Waals surface area contributed by atoms with Gasteiger partial charge in [0.25, 0.3) is 0 Å². The van der Waals surface area contributed by atoms with E-state index in [1.807, 2.05) is 0 Å². The lowest BCUT2D eigenvalue weighted by atomic mass is 9.83. The van der Waals surface area contributed by atoms with E-state index in [1.54, 1.807) is 7.11 Å². The van der Waals surface area contributed by atoms with Gasteiger partial charge in [0.15, 0.2) is 5.82 Å². The van der Waals surface area contributed by atoms with Crippen molar-refractivity contribution in [3.63, 3.8) is 0 Å². The number of hydrogen-bond donors (Lipinski definition) is 1. The third-order valence-corrected chi connectivity index (χ3v) is 4.21. The molecule has 1 aromatic heterocycles. The quantitative estimate of drug-likeness (QED) is 0.863. The number of nitrogens with zero attached hydrogens (tertiary/aromatic N) is 2. The molecule has 0 aliphatic heterocycles. The van der Waals surface area contributed by atoms with Crippen LogP contribution in [0.2, 0.25) is 0 Å². The van der Waals surface area contributed by atoms with Crippen LogP contribution in [0.15, 0.2) is 6.07 Å². The van der Waals surface area contributed by atoms with Gasteiger partial charge in [-0.15, -0.1) is 0 Å². The number of rotatable bonds is 6. The Balaban J connectivity index is 2.37. The van der Waals surface area contributed by atoms with Gasteiger partial charge in [0.05, 0.1) is 0 Å². The highest BCUT2D eigenvalue weighted by atomic mass is 16.5. The van der Waals surface area contributed by atoms with Gasteiger partial charge in [0.2, 0.25) is 0 Å². The van der Waals surface area contributed by atoms with Crippen LogP contribution < -0.4 is 5.32 Å². The van der Waals surface area contributed by atoms with Gasteiger partial charge in [-0.25, -0.2) is 9.97 Å². The summed E-state index contributed by atoms with van der Waals surface area (Å²) in [5.41, 5.74) is 0.836. The molecule has 1 saturated carbocycles. The number of anilines is 1. The minimum absolute atomic E-state index is 0.282. The Morgan fingerprint density at radius 2 is 1.95 bits per heavy atom. The summed E-state index contributed by atoms with van der Waals surface area (Å²) in [6, 6.07) is 2.08. The lowest BCUT2D eigenvalue weighted by molar-refractivity contribution is -0.0515. The summed E-state index contributed by atoms with van der Waals surface area (Å²) in [4.78, 5) is 9.60. The van der Waals surface area contributed by atoms with Crippen molar-refractivity contribution in [1.29, 1.82) is 0 Å². The van der Waals surface area contributed by atoms with Crippen LogP contribution in [-0.2, 0) is 16.8 Å². The van der Waals surface area contributed by atoms with Crippen molar-refractivity contribution in [3.05, 3.63) is 17.6 Å². The number of aromatic nitrogens is 2. The molecular weight excluding hydrogens is 262 g/mol. The van der Waals surface area contributed by atoms with E-state index in [9.17, 15) is 0 Å². The number of hydrogen-bond acceptors (Lipinski definition) is 4. The zero-order chi connectivity index (χ0) is 15.3. The Morgan fingerprint density at radius 3 is 2.52 bits per heavy atom. The summed E-state index contributed by atoms with van der Waals surface area (Å²) in [6.07, 6.45) is 6.72. The monoisotopic (exact) mass is 291 g/mol. The molecule has 1 aliphatic rings. The van der Waals surface area contributed by atoms with Gasteiger partial charge in [0.1, 0.15) is 11.4 Å². The molecule has 0 unspecified atom stereocenters. The molecule has 0 saturated heterocycles. The molecule has 2 rings (SSSR count). The molecule has 4 heteroatoms. The molecule has 1 N–H and O–H groups in total. The van der Waals surface area contributed by atoms with Crippen molar-refractivity contribution >= 4 is 5.82 Å². The van der Waals surface area contributed by atoms with Gasteiger partial charge in [-0.1, -0.05) is 33.1 Å². The smallest absolute Gasteiger partial charge is 0.162 e. The van der Waals surface area contributed by atoms with E-state index in [0.29, 0.717) is 5.92 Å². The lowest BCUT2D eigenvalue weighted by Crippen LogP contribution is -2.34. The average Bonchev–Trinajstić information content (AvgIpc) is 2.47. The summed E-state index contributed by atoms with van der Waals surface area (Å²) >= 11 is 0. The third kappa shape index (κ3) is 3.94. The van der Waals surface area contributed by atoms with E-state index < -0.39 is 0 Å². The minimum atomic E-state index is -0.282. The fraction of sp³-hybridized carbons (Fsp3) is 0.765. The summed E-state index contributed by atoms with van der Waals surface area (Å²) in [5.74, 6) is 2.39. The molecule has 0 amide bonds. The zero-order valence-electron chi connectivity index (χ0n) is 13.9. The molecule has 1 fully saturated rings. The van der Waals surface area contributed by atoms with E-state index >= 15 is 0 Å². The molecule has 21 heavy (non-hydrogen) atoms. The molecule has 4 nitrogen and oxygen atoms in total. The number of nitrogens with one attached hydrogen (secondary N) is 1. The van der Waals surface area contributed by atoms with Crippen LogP contribution >= 0.6 is 0 Å². The van der Waals surface area contributed by atoms with Crippen LogP contribution in [0.1, 0.15) is 64.4 Å². The molecule has 1 aromatic rings. The Bertz CT molecular complexity index is 453. The first-order valence-corrected chi connectivity index (χ1v) is 8.27. The van der Waals surface area contributed by atoms with E-state index in [0.717, 1.165) is 43.1 Å². The van der Waals surface area contributed by atoms with E-state index in [1.165, 1.54) is 19.3 Å². The highest BCUT2D eigenvalue weighted by Crippen LogP contribution is 2.38. The van der Waals surface area contributed by atoms with Crippen LogP contribution in [-0.4, -0.2) is 23.6 Å². The van der Waals surface area contributed by atoms with E-state index in [4.69, 9.17) is 14.7 Å². The second-order valence-corrected chi connectivity index (χ2v) is 6.46. The molecule has 118 valence electrons. The van der Waals surface area contributed by atoms with E-state index in [2.05, 4.69) is 32.2 Å². The standard InChI is InChI=1S/C17H29N3O/c1-5-18-15-12-14(11-13(2)3)19-16(20-15)17(21-4)9-7-6-8-10-17/h12-13H,5-11H2,1-4H3,(H,18,19,20). The molecule has 1 heterocycles. The minimum Gasteiger partial charge on any atom is -0.370 e. The van der Waals surface area contributed by atoms with Crippen LogP contribution in [0.4, 0.5) is 5.82 Å². The molecule has 0 bridgehead atoms. The lowest BCUT2D eigenvalue weighted by Gasteiger charge is -2.34.